The summed E-state index contributed by atoms with van der Waals surface area (Å²) in [5, 5.41) is 0. The minimum atomic E-state index is 0.914. The Morgan fingerprint density at radius 1 is 1.17 bits per heavy atom. The Hall–Kier alpha value is -0.450. The molecule has 0 unspecified atom stereocenters. The zero-order chi connectivity index (χ0) is 13.4. The van der Waals surface area contributed by atoms with E-state index in [1.807, 2.05) is 18.2 Å². The molecule has 0 aliphatic heterocycles. The van der Waals surface area contributed by atoms with Crippen molar-refractivity contribution in [1.29, 1.82) is 0 Å². The average Bonchev–Trinajstić information content (AvgIpc) is 2.39. The highest BCUT2D eigenvalue weighted by atomic mass is 32.2. The number of hydrogen-bond donors (Lipinski definition) is 0. The summed E-state index contributed by atoms with van der Waals surface area (Å²) in [5.41, 5.74) is 2.33. The molecule has 0 saturated heterocycles. The Kier molecular flexibility index (Phi) is 7.47. The third-order valence-electron chi connectivity index (χ3n) is 2.18. The molecule has 1 aromatic rings. The van der Waals surface area contributed by atoms with E-state index in [1.165, 1.54) is 5.56 Å². The molecule has 1 rings (SSSR count). The van der Waals surface area contributed by atoms with Crippen LogP contribution in [0.2, 0.25) is 0 Å². The lowest BCUT2D eigenvalue weighted by molar-refractivity contribution is 1.14. The highest BCUT2D eigenvalue weighted by molar-refractivity contribution is 8.13. The van der Waals surface area contributed by atoms with Gasteiger partial charge in [-0.2, -0.15) is 0 Å². The molecule has 0 heterocycles. The van der Waals surface area contributed by atoms with E-state index in [2.05, 4.69) is 42.7 Å². The lowest BCUT2D eigenvalue weighted by Crippen LogP contribution is -2.16. The molecule has 0 aliphatic carbocycles. The lowest BCUT2D eigenvalue weighted by Gasteiger charge is -2.21. The summed E-state index contributed by atoms with van der Waals surface area (Å²) in [4.78, 5) is 0.914. The fourth-order valence-corrected chi connectivity index (χ4v) is 3.69. The molecular formula is C14H19NS3. The summed E-state index contributed by atoms with van der Waals surface area (Å²) in [6.45, 7) is 6.37. The first kappa shape index (κ1) is 15.6. The van der Waals surface area contributed by atoms with Crippen LogP contribution >= 0.6 is 36.1 Å². The maximum atomic E-state index is 5.54. The third kappa shape index (κ3) is 5.04. The first-order valence-corrected chi connectivity index (χ1v) is 8.32. The molecule has 0 N–H and O–H groups in total. The van der Waals surface area contributed by atoms with Gasteiger partial charge in [-0.3, -0.25) is 0 Å². The predicted octanol–water partition coefficient (Wildman–Crippen LogP) is 5.06. The fourth-order valence-electron chi connectivity index (χ4n) is 1.39. The van der Waals surface area contributed by atoms with E-state index in [4.69, 9.17) is 12.2 Å². The summed E-state index contributed by atoms with van der Waals surface area (Å²) in [6.07, 6.45) is 2.14. The standard InChI is InChI=1S/C14H19NS3/c1-4-17-15(18-5-2)14(16)12(3)11-13-9-7-6-8-10-13/h6-11H,4-5H2,1-3H3. The first-order chi connectivity index (χ1) is 8.69. The van der Waals surface area contributed by atoms with Crippen LogP contribution in [-0.2, 0) is 0 Å². The molecule has 0 atom stereocenters. The van der Waals surface area contributed by atoms with Crippen molar-refractivity contribution in [2.24, 2.45) is 0 Å². The van der Waals surface area contributed by atoms with Crippen LogP contribution in [0.25, 0.3) is 6.08 Å². The monoisotopic (exact) mass is 297 g/mol. The second kappa shape index (κ2) is 8.62. The maximum Gasteiger partial charge on any atom is 0.125 e. The van der Waals surface area contributed by atoms with Gasteiger partial charge in [0.25, 0.3) is 0 Å². The van der Waals surface area contributed by atoms with Gasteiger partial charge in [-0.15, -0.1) is 0 Å². The summed E-state index contributed by atoms with van der Waals surface area (Å²) in [6, 6.07) is 10.3. The van der Waals surface area contributed by atoms with Gasteiger partial charge in [0.05, 0.1) is 0 Å². The van der Waals surface area contributed by atoms with Gasteiger partial charge >= 0.3 is 0 Å². The molecule has 0 saturated carbocycles. The molecule has 98 valence electrons. The van der Waals surface area contributed by atoms with Gasteiger partial charge in [0.1, 0.15) is 4.99 Å². The molecule has 1 nitrogen and oxygen atoms in total. The van der Waals surface area contributed by atoms with Crippen LogP contribution in [0.5, 0.6) is 0 Å². The molecule has 18 heavy (non-hydrogen) atoms. The van der Waals surface area contributed by atoms with Crippen molar-refractivity contribution in [3.8, 4) is 0 Å². The molecule has 0 spiro atoms. The van der Waals surface area contributed by atoms with Crippen molar-refractivity contribution in [1.82, 2.24) is 3.71 Å². The molecule has 0 amide bonds. The lowest BCUT2D eigenvalue weighted by atomic mass is 10.1. The molecule has 4 heteroatoms. The van der Waals surface area contributed by atoms with Crippen LogP contribution in [0.15, 0.2) is 35.9 Å². The molecule has 0 bridgehead atoms. The van der Waals surface area contributed by atoms with E-state index in [9.17, 15) is 0 Å². The quantitative estimate of drug-likeness (QED) is 0.410. The minimum Gasteiger partial charge on any atom is -0.247 e. The molecule has 0 aromatic heterocycles. The molecular weight excluding hydrogens is 278 g/mol. The third-order valence-corrected chi connectivity index (χ3v) is 4.90. The van der Waals surface area contributed by atoms with E-state index in [0.29, 0.717) is 0 Å². The normalized spacial score (nSPS) is 11.4. The number of thiocarbonyl (C=S) groups is 1. The Balaban J connectivity index is 2.78. The van der Waals surface area contributed by atoms with Gasteiger partial charge in [0, 0.05) is 11.5 Å². The Morgan fingerprint density at radius 3 is 2.22 bits per heavy atom. The van der Waals surface area contributed by atoms with Gasteiger partial charge in [-0.25, -0.2) is 3.71 Å². The highest BCUT2D eigenvalue weighted by Crippen LogP contribution is 2.25. The summed E-state index contributed by atoms with van der Waals surface area (Å²) < 4.78 is 2.14. The van der Waals surface area contributed by atoms with E-state index in [1.54, 1.807) is 23.9 Å². The molecule has 0 aliphatic rings. The van der Waals surface area contributed by atoms with E-state index < -0.39 is 0 Å². The van der Waals surface area contributed by atoms with E-state index in [-0.39, 0.29) is 0 Å². The summed E-state index contributed by atoms with van der Waals surface area (Å²) >= 11 is 9.07. The predicted molar refractivity (Wildman–Crippen MR) is 90.8 cm³/mol. The second-order valence-corrected chi connectivity index (χ2v) is 6.66. The number of benzene rings is 1. The van der Waals surface area contributed by atoms with Crippen molar-refractivity contribution >= 4 is 47.2 Å². The molecule has 1 aromatic carbocycles. The maximum absolute atomic E-state index is 5.54. The summed E-state index contributed by atoms with van der Waals surface area (Å²) in [7, 11) is 0. The number of rotatable bonds is 6. The van der Waals surface area contributed by atoms with Crippen molar-refractivity contribution in [2.75, 3.05) is 11.5 Å². The van der Waals surface area contributed by atoms with E-state index in [0.717, 1.165) is 22.1 Å². The second-order valence-electron chi connectivity index (χ2n) is 3.64. The van der Waals surface area contributed by atoms with E-state index >= 15 is 0 Å². The largest absolute Gasteiger partial charge is 0.247 e. The summed E-state index contributed by atoms with van der Waals surface area (Å²) in [5.74, 6) is 2.07. The van der Waals surface area contributed by atoms with Gasteiger partial charge in [0.2, 0.25) is 0 Å². The first-order valence-electron chi connectivity index (χ1n) is 6.02. The smallest absolute Gasteiger partial charge is 0.125 e. The molecule has 0 fully saturated rings. The molecule has 0 radical (unpaired) electrons. The van der Waals surface area contributed by atoms with Crippen molar-refractivity contribution in [2.45, 2.75) is 20.8 Å². The van der Waals surface area contributed by atoms with Crippen LogP contribution in [0.3, 0.4) is 0 Å². The Bertz CT molecular complexity index is 395. The van der Waals surface area contributed by atoms with Crippen molar-refractivity contribution in [3.05, 3.63) is 41.5 Å². The van der Waals surface area contributed by atoms with Crippen LogP contribution in [0.1, 0.15) is 26.3 Å². The Morgan fingerprint density at radius 2 is 1.72 bits per heavy atom. The van der Waals surface area contributed by atoms with Crippen molar-refractivity contribution < 1.29 is 0 Å². The highest BCUT2D eigenvalue weighted by Gasteiger charge is 2.11. The topological polar surface area (TPSA) is 3.24 Å². The Labute approximate surface area is 124 Å². The fraction of sp³-hybridized carbons (Fsp3) is 0.357. The minimum absolute atomic E-state index is 0.914. The van der Waals surface area contributed by atoms with Crippen LogP contribution in [0, 0.1) is 0 Å². The SMILES string of the molecule is CCSN(SCC)C(=S)C(C)=Cc1ccccc1. The van der Waals surface area contributed by atoms with Crippen molar-refractivity contribution in [3.63, 3.8) is 0 Å². The zero-order valence-electron chi connectivity index (χ0n) is 11.1. The van der Waals surface area contributed by atoms with Crippen LogP contribution in [0.4, 0.5) is 0 Å². The number of hydrogen-bond acceptors (Lipinski definition) is 3. The van der Waals surface area contributed by atoms with Crippen LogP contribution in [-0.4, -0.2) is 20.2 Å². The van der Waals surface area contributed by atoms with Crippen LogP contribution < -0.4 is 0 Å². The average molecular weight is 298 g/mol. The zero-order valence-corrected chi connectivity index (χ0v) is 13.5. The van der Waals surface area contributed by atoms with Gasteiger partial charge in [0.15, 0.2) is 0 Å². The van der Waals surface area contributed by atoms with Gasteiger partial charge < -0.3 is 0 Å². The van der Waals surface area contributed by atoms with Gasteiger partial charge in [-0.1, -0.05) is 56.4 Å². The van der Waals surface area contributed by atoms with Gasteiger partial charge in [-0.05, 0) is 48.0 Å². The number of nitrogens with zero attached hydrogens (tertiary/aromatic N) is 1.